The number of carbonyl (C=O) groups excluding carboxylic acids is 2. The Morgan fingerprint density at radius 2 is 2.43 bits per heavy atom. The maximum atomic E-state index is 11.1. The number of esters is 1. The van der Waals surface area contributed by atoms with Gasteiger partial charge in [0.05, 0.1) is 7.11 Å². The summed E-state index contributed by atoms with van der Waals surface area (Å²) >= 11 is 0. The Balaban J connectivity index is 0.00000169. The molecule has 5 nitrogen and oxygen atoms in total. The number of halogens is 1. The second-order valence-electron chi connectivity index (χ2n) is 3.14. The predicted molar refractivity (Wildman–Crippen MR) is 53.0 cm³/mol. The zero-order valence-electron chi connectivity index (χ0n) is 7.99. The molecule has 0 aliphatic carbocycles. The van der Waals surface area contributed by atoms with Crippen LogP contribution in [0.25, 0.3) is 0 Å². The van der Waals surface area contributed by atoms with Crippen LogP contribution in [0.3, 0.4) is 0 Å². The number of rotatable bonds is 3. The largest absolute Gasteiger partial charge is 0.468 e. The van der Waals surface area contributed by atoms with Crippen molar-refractivity contribution in [1.29, 1.82) is 0 Å². The lowest BCUT2D eigenvalue weighted by Crippen LogP contribution is -2.35. The highest BCUT2D eigenvalue weighted by molar-refractivity contribution is 5.85. The minimum Gasteiger partial charge on any atom is -0.468 e. The number of nitrogens with one attached hydrogen (secondary N) is 1. The van der Waals surface area contributed by atoms with Crippen LogP contribution in [0.1, 0.15) is 12.8 Å². The number of ether oxygens (including phenoxy) is 1. The first kappa shape index (κ1) is 13.2. The summed E-state index contributed by atoms with van der Waals surface area (Å²) in [6.07, 6.45) is 1.13. The van der Waals surface area contributed by atoms with Crippen molar-refractivity contribution in [2.75, 3.05) is 13.7 Å². The number of amides is 1. The Morgan fingerprint density at radius 1 is 1.79 bits per heavy atom. The second-order valence-corrected chi connectivity index (χ2v) is 3.14. The van der Waals surface area contributed by atoms with Crippen LogP contribution in [0, 0.1) is 5.92 Å². The molecular formula is C8H15ClN2O3. The molecule has 1 aliphatic heterocycles. The van der Waals surface area contributed by atoms with E-state index in [1.807, 2.05) is 0 Å². The van der Waals surface area contributed by atoms with Gasteiger partial charge in [-0.25, -0.2) is 0 Å². The van der Waals surface area contributed by atoms with Crippen LogP contribution >= 0.6 is 12.4 Å². The monoisotopic (exact) mass is 222 g/mol. The summed E-state index contributed by atoms with van der Waals surface area (Å²) in [6.45, 7) is 0.678. The predicted octanol–water partition coefficient (Wildman–Crippen LogP) is -0.565. The fraction of sp³-hybridized carbons (Fsp3) is 0.750. The highest BCUT2D eigenvalue weighted by Gasteiger charge is 2.28. The molecule has 1 aliphatic rings. The normalized spacial score (nSPS) is 22.1. The van der Waals surface area contributed by atoms with Crippen LogP contribution in [-0.4, -0.2) is 31.6 Å². The molecule has 1 heterocycles. The van der Waals surface area contributed by atoms with E-state index in [2.05, 4.69) is 10.1 Å². The molecule has 0 aromatic rings. The quantitative estimate of drug-likeness (QED) is 0.627. The molecule has 0 aromatic heterocycles. The van der Waals surface area contributed by atoms with E-state index < -0.39 is 12.0 Å². The fourth-order valence-corrected chi connectivity index (χ4v) is 1.42. The van der Waals surface area contributed by atoms with Gasteiger partial charge in [0.1, 0.15) is 6.04 Å². The molecule has 1 saturated heterocycles. The number of methoxy groups -OCH3 is 1. The Hall–Kier alpha value is -0.810. The summed E-state index contributed by atoms with van der Waals surface area (Å²) < 4.78 is 4.46. The molecule has 0 saturated carbocycles. The number of nitrogens with two attached hydrogens (primary N) is 1. The zero-order valence-corrected chi connectivity index (χ0v) is 8.80. The van der Waals surface area contributed by atoms with Crippen LogP contribution in [0.5, 0.6) is 0 Å². The molecular weight excluding hydrogens is 208 g/mol. The van der Waals surface area contributed by atoms with Crippen molar-refractivity contribution in [2.45, 2.75) is 18.9 Å². The molecule has 14 heavy (non-hydrogen) atoms. The van der Waals surface area contributed by atoms with Crippen LogP contribution < -0.4 is 11.1 Å². The van der Waals surface area contributed by atoms with Gasteiger partial charge in [-0.2, -0.15) is 0 Å². The molecule has 0 spiro atoms. The standard InChI is InChI=1S/C8H14N2O3.ClH/c1-13-8(12)6(9)4-5-2-3-10-7(5)11;/h5-6H,2-4,9H2,1H3,(H,10,11);1H/t5-,6-;/m0./s1. The van der Waals surface area contributed by atoms with E-state index in [-0.39, 0.29) is 24.2 Å². The van der Waals surface area contributed by atoms with E-state index in [0.29, 0.717) is 13.0 Å². The minimum atomic E-state index is -0.682. The smallest absolute Gasteiger partial charge is 0.322 e. The van der Waals surface area contributed by atoms with Gasteiger partial charge in [0.25, 0.3) is 0 Å². The van der Waals surface area contributed by atoms with Crippen molar-refractivity contribution in [3.8, 4) is 0 Å². The summed E-state index contributed by atoms with van der Waals surface area (Å²) in [4.78, 5) is 22.0. The van der Waals surface area contributed by atoms with E-state index in [9.17, 15) is 9.59 Å². The van der Waals surface area contributed by atoms with Gasteiger partial charge in [0.15, 0.2) is 0 Å². The number of hydrogen-bond donors (Lipinski definition) is 2. The third-order valence-electron chi connectivity index (χ3n) is 2.21. The van der Waals surface area contributed by atoms with Gasteiger partial charge in [0, 0.05) is 12.5 Å². The van der Waals surface area contributed by atoms with E-state index in [1.165, 1.54) is 7.11 Å². The van der Waals surface area contributed by atoms with Crippen LogP contribution in [0.4, 0.5) is 0 Å². The molecule has 0 unspecified atom stereocenters. The molecule has 0 aromatic carbocycles. The first-order valence-corrected chi connectivity index (χ1v) is 4.26. The average molecular weight is 223 g/mol. The van der Waals surface area contributed by atoms with E-state index in [1.54, 1.807) is 0 Å². The Kier molecular flexibility index (Phi) is 5.49. The van der Waals surface area contributed by atoms with Gasteiger partial charge in [-0.15, -0.1) is 12.4 Å². The molecule has 0 radical (unpaired) electrons. The molecule has 3 N–H and O–H groups in total. The van der Waals surface area contributed by atoms with Crippen molar-refractivity contribution in [3.63, 3.8) is 0 Å². The number of hydrogen-bond acceptors (Lipinski definition) is 4. The lowest BCUT2D eigenvalue weighted by atomic mass is 9.99. The van der Waals surface area contributed by atoms with E-state index in [4.69, 9.17) is 5.73 Å². The van der Waals surface area contributed by atoms with Crippen LogP contribution in [0.15, 0.2) is 0 Å². The Morgan fingerprint density at radius 3 is 2.86 bits per heavy atom. The van der Waals surface area contributed by atoms with E-state index in [0.717, 1.165) is 6.42 Å². The second kappa shape index (κ2) is 5.82. The molecule has 2 atom stereocenters. The van der Waals surface area contributed by atoms with Crippen LogP contribution in [0.2, 0.25) is 0 Å². The Bertz CT molecular complexity index is 223. The topological polar surface area (TPSA) is 81.4 Å². The lowest BCUT2D eigenvalue weighted by molar-refractivity contribution is -0.142. The molecule has 1 amide bonds. The summed E-state index contributed by atoms with van der Waals surface area (Å²) in [7, 11) is 1.29. The van der Waals surface area contributed by atoms with Gasteiger partial charge in [-0.3, -0.25) is 9.59 Å². The first-order chi connectivity index (χ1) is 6.15. The van der Waals surface area contributed by atoms with Gasteiger partial charge >= 0.3 is 5.97 Å². The van der Waals surface area contributed by atoms with Crippen molar-refractivity contribution < 1.29 is 14.3 Å². The van der Waals surface area contributed by atoms with Gasteiger partial charge in [-0.1, -0.05) is 0 Å². The highest BCUT2D eigenvalue weighted by atomic mass is 35.5. The zero-order chi connectivity index (χ0) is 9.84. The Labute approximate surface area is 88.8 Å². The third-order valence-corrected chi connectivity index (χ3v) is 2.21. The molecule has 1 fully saturated rings. The molecule has 1 rings (SSSR count). The van der Waals surface area contributed by atoms with Crippen LogP contribution in [-0.2, 0) is 14.3 Å². The molecule has 6 heteroatoms. The van der Waals surface area contributed by atoms with Gasteiger partial charge in [0.2, 0.25) is 5.91 Å². The molecule has 82 valence electrons. The number of carbonyl (C=O) groups is 2. The van der Waals surface area contributed by atoms with Crippen molar-refractivity contribution >= 4 is 24.3 Å². The minimum absolute atomic E-state index is 0. The SMILES string of the molecule is COC(=O)[C@@H](N)C[C@@H]1CCNC1=O.Cl. The maximum Gasteiger partial charge on any atom is 0.322 e. The highest BCUT2D eigenvalue weighted by Crippen LogP contribution is 2.15. The maximum absolute atomic E-state index is 11.1. The van der Waals surface area contributed by atoms with Gasteiger partial charge in [-0.05, 0) is 12.8 Å². The van der Waals surface area contributed by atoms with Crippen molar-refractivity contribution in [2.24, 2.45) is 11.7 Å². The average Bonchev–Trinajstić information content (AvgIpc) is 2.50. The van der Waals surface area contributed by atoms with E-state index >= 15 is 0 Å². The fourth-order valence-electron chi connectivity index (χ4n) is 1.42. The summed E-state index contributed by atoms with van der Waals surface area (Å²) in [6, 6.07) is -0.682. The third kappa shape index (κ3) is 3.16. The summed E-state index contributed by atoms with van der Waals surface area (Å²) in [5, 5.41) is 2.69. The summed E-state index contributed by atoms with van der Waals surface area (Å²) in [5.41, 5.74) is 5.52. The summed E-state index contributed by atoms with van der Waals surface area (Å²) in [5.74, 6) is -0.604. The first-order valence-electron chi connectivity index (χ1n) is 4.26. The van der Waals surface area contributed by atoms with Gasteiger partial charge < -0.3 is 15.8 Å². The lowest BCUT2D eigenvalue weighted by Gasteiger charge is -2.11. The molecule has 0 bridgehead atoms. The van der Waals surface area contributed by atoms with Crippen molar-refractivity contribution in [3.05, 3.63) is 0 Å². The van der Waals surface area contributed by atoms with Crippen molar-refractivity contribution in [1.82, 2.24) is 5.32 Å².